The largest absolute Gasteiger partial charge is 0.454 e. The summed E-state index contributed by atoms with van der Waals surface area (Å²) in [5.41, 5.74) is 3.40. The molecule has 3 aromatic carbocycles. The second kappa shape index (κ2) is 14.9. The lowest BCUT2D eigenvalue weighted by atomic mass is 10.0. The number of fused-ring (bicyclic) bond motifs is 1. The van der Waals surface area contributed by atoms with Crippen LogP contribution in [0, 0.1) is 6.92 Å². The lowest BCUT2D eigenvalue weighted by Gasteiger charge is -2.32. The number of benzene rings is 3. The maximum atomic E-state index is 13.9. The Bertz CT molecular complexity index is 1480. The van der Waals surface area contributed by atoms with E-state index < -0.39 is 16.1 Å². The molecule has 0 bridgehead atoms. The number of carbonyl (C=O) groups is 2. The van der Waals surface area contributed by atoms with Gasteiger partial charge in [0.05, 0.1) is 11.9 Å². The molecular formula is C33H41N3O6S. The Morgan fingerprint density at radius 3 is 2.35 bits per heavy atom. The number of aryl methyl sites for hydroxylation is 1. The standard InChI is InChI=1S/C33H41N3O6S/c1-4-5-19-34-33(38)29(21-26-10-7-6-8-11-26)35(23-27-15-13-25(2)14-16-27)32(37)12-9-20-36(43(3,39)40)28-17-18-30-31(22-28)42-24-41-30/h6-8,10-11,13-18,22,29H,4-5,9,12,19-21,23-24H2,1-3H3,(H,34,38). The molecule has 1 aliphatic rings. The summed E-state index contributed by atoms with van der Waals surface area (Å²) >= 11 is 0. The maximum Gasteiger partial charge on any atom is 0.243 e. The molecule has 1 atom stereocenters. The van der Waals surface area contributed by atoms with Crippen LogP contribution in [0.2, 0.25) is 0 Å². The van der Waals surface area contributed by atoms with Crippen LogP contribution in [0.3, 0.4) is 0 Å². The zero-order valence-electron chi connectivity index (χ0n) is 25.1. The molecular weight excluding hydrogens is 566 g/mol. The highest BCUT2D eigenvalue weighted by Crippen LogP contribution is 2.36. The van der Waals surface area contributed by atoms with E-state index >= 15 is 0 Å². The number of hydrogen-bond acceptors (Lipinski definition) is 6. The van der Waals surface area contributed by atoms with E-state index in [9.17, 15) is 18.0 Å². The molecule has 0 spiro atoms. The average molecular weight is 608 g/mol. The van der Waals surface area contributed by atoms with Crippen molar-refractivity contribution in [3.8, 4) is 11.5 Å². The summed E-state index contributed by atoms with van der Waals surface area (Å²) in [4.78, 5) is 29.2. The molecule has 1 unspecified atom stereocenters. The number of amides is 2. The van der Waals surface area contributed by atoms with Crippen molar-refractivity contribution < 1.29 is 27.5 Å². The molecule has 3 aromatic rings. The van der Waals surface area contributed by atoms with Crippen molar-refractivity contribution in [2.24, 2.45) is 0 Å². The van der Waals surface area contributed by atoms with Gasteiger partial charge < -0.3 is 19.7 Å². The van der Waals surface area contributed by atoms with Crippen molar-refractivity contribution in [1.82, 2.24) is 10.2 Å². The Balaban J connectivity index is 1.56. The van der Waals surface area contributed by atoms with Crippen molar-refractivity contribution in [3.63, 3.8) is 0 Å². The minimum atomic E-state index is -3.64. The lowest BCUT2D eigenvalue weighted by Crippen LogP contribution is -2.50. The van der Waals surface area contributed by atoms with Gasteiger partial charge in [-0.1, -0.05) is 73.5 Å². The minimum absolute atomic E-state index is 0.0654. The predicted molar refractivity (Wildman–Crippen MR) is 168 cm³/mol. The van der Waals surface area contributed by atoms with Crippen molar-refractivity contribution in [3.05, 3.63) is 89.5 Å². The van der Waals surface area contributed by atoms with Gasteiger partial charge in [-0.25, -0.2) is 8.42 Å². The van der Waals surface area contributed by atoms with Crippen LogP contribution in [-0.4, -0.2) is 57.3 Å². The molecule has 1 N–H and O–H groups in total. The van der Waals surface area contributed by atoms with Gasteiger partial charge in [-0.15, -0.1) is 0 Å². The van der Waals surface area contributed by atoms with Crippen LogP contribution in [-0.2, 0) is 32.6 Å². The highest BCUT2D eigenvalue weighted by Gasteiger charge is 2.30. The molecule has 0 aliphatic carbocycles. The van der Waals surface area contributed by atoms with Gasteiger partial charge in [0, 0.05) is 38.5 Å². The molecule has 1 heterocycles. The summed E-state index contributed by atoms with van der Waals surface area (Å²) in [6.07, 6.45) is 3.62. The van der Waals surface area contributed by atoms with Crippen LogP contribution < -0.4 is 19.1 Å². The number of carbonyl (C=O) groups excluding carboxylic acids is 2. The fourth-order valence-corrected chi connectivity index (χ4v) is 5.95. The van der Waals surface area contributed by atoms with E-state index in [1.165, 1.54) is 4.31 Å². The minimum Gasteiger partial charge on any atom is -0.454 e. The third-order valence-corrected chi connectivity index (χ3v) is 8.56. The Morgan fingerprint density at radius 2 is 1.65 bits per heavy atom. The summed E-state index contributed by atoms with van der Waals surface area (Å²) in [6.45, 7) is 5.03. The molecule has 10 heteroatoms. The van der Waals surface area contributed by atoms with Gasteiger partial charge >= 0.3 is 0 Å². The number of hydrogen-bond donors (Lipinski definition) is 1. The van der Waals surface area contributed by atoms with E-state index in [0.29, 0.717) is 30.2 Å². The van der Waals surface area contributed by atoms with Gasteiger partial charge in [-0.05, 0) is 43.0 Å². The summed E-state index contributed by atoms with van der Waals surface area (Å²) < 4.78 is 37.5. The topological polar surface area (TPSA) is 105 Å². The summed E-state index contributed by atoms with van der Waals surface area (Å²) in [5.74, 6) is 0.618. The predicted octanol–water partition coefficient (Wildman–Crippen LogP) is 4.83. The Labute approximate surface area is 254 Å². The van der Waals surface area contributed by atoms with Crippen molar-refractivity contribution in [2.75, 3.05) is 30.4 Å². The first-order chi connectivity index (χ1) is 20.7. The van der Waals surface area contributed by atoms with Crippen molar-refractivity contribution >= 4 is 27.5 Å². The van der Waals surface area contributed by atoms with Crippen LogP contribution in [0.25, 0.3) is 0 Å². The number of sulfonamides is 1. The van der Waals surface area contributed by atoms with E-state index in [0.717, 1.165) is 35.8 Å². The number of anilines is 1. The number of nitrogens with one attached hydrogen (secondary N) is 1. The highest BCUT2D eigenvalue weighted by atomic mass is 32.2. The summed E-state index contributed by atoms with van der Waals surface area (Å²) in [5, 5.41) is 3.03. The SMILES string of the molecule is CCCCNC(=O)C(Cc1ccccc1)N(Cc1ccc(C)cc1)C(=O)CCCN(c1ccc2c(c1)OCO2)S(C)(=O)=O. The van der Waals surface area contributed by atoms with Gasteiger partial charge in [0.1, 0.15) is 6.04 Å². The van der Waals surface area contributed by atoms with E-state index in [1.807, 2.05) is 61.5 Å². The quantitative estimate of drug-likeness (QED) is 0.248. The lowest BCUT2D eigenvalue weighted by molar-refractivity contribution is -0.141. The molecule has 4 rings (SSSR count). The monoisotopic (exact) mass is 607 g/mol. The van der Waals surface area contributed by atoms with Crippen LogP contribution in [0.15, 0.2) is 72.8 Å². The number of ether oxygens (including phenoxy) is 2. The Kier molecular flexibility index (Phi) is 11.1. The third-order valence-electron chi connectivity index (χ3n) is 7.37. The molecule has 2 amide bonds. The van der Waals surface area contributed by atoms with Gasteiger partial charge in [0.15, 0.2) is 11.5 Å². The van der Waals surface area contributed by atoms with E-state index in [2.05, 4.69) is 12.2 Å². The van der Waals surface area contributed by atoms with E-state index in [1.54, 1.807) is 23.1 Å². The molecule has 0 fully saturated rings. The number of nitrogens with zero attached hydrogens (tertiary/aromatic N) is 2. The second-order valence-electron chi connectivity index (χ2n) is 10.8. The molecule has 0 radical (unpaired) electrons. The van der Waals surface area contributed by atoms with E-state index in [-0.39, 0.29) is 44.5 Å². The first-order valence-corrected chi connectivity index (χ1v) is 16.5. The summed E-state index contributed by atoms with van der Waals surface area (Å²) in [6, 6.07) is 21.8. The average Bonchev–Trinajstić information content (AvgIpc) is 3.46. The van der Waals surface area contributed by atoms with Gasteiger partial charge in [0.25, 0.3) is 0 Å². The molecule has 230 valence electrons. The smallest absolute Gasteiger partial charge is 0.243 e. The fraction of sp³-hybridized carbons (Fsp3) is 0.394. The molecule has 1 aliphatic heterocycles. The first-order valence-electron chi connectivity index (χ1n) is 14.7. The van der Waals surface area contributed by atoms with Crippen molar-refractivity contribution in [2.45, 2.75) is 58.5 Å². The van der Waals surface area contributed by atoms with Crippen molar-refractivity contribution in [1.29, 1.82) is 0 Å². The van der Waals surface area contributed by atoms with Gasteiger partial charge in [-0.2, -0.15) is 0 Å². The fourth-order valence-electron chi connectivity index (χ4n) is 4.99. The number of rotatable bonds is 15. The van der Waals surface area contributed by atoms with Crippen LogP contribution >= 0.6 is 0 Å². The number of unbranched alkanes of at least 4 members (excludes halogenated alkanes) is 1. The normalized spacial score (nSPS) is 12.9. The van der Waals surface area contributed by atoms with Gasteiger partial charge in [-0.3, -0.25) is 13.9 Å². The van der Waals surface area contributed by atoms with Crippen LogP contribution in [0.1, 0.15) is 49.3 Å². The molecule has 0 saturated carbocycles. The highest BCUT2D eigenvalue weighted by molar-refractivity contribution is 7.92. The van der Waals surface area contributed by atoms with Crippen LogP contribution in [0.4, 0.5) is 5.69 Å². The summed E-state index contributed by atoms with van der Waals surface area (Å²) in [7, 11) is -3.64. The maximum absolute atomic E-state index is 13.9. The Hall–Kier alpha value is -4.05. The van der Waals surface area contributed by atoms with E-state index in [4.69, 9.17) is 9.47 Å². The molecule has 43 heavy (non-hydrogen) atoms. The second-order valence-corrected chi connectivity index (χ2v) is 12.7. The zero-order valence-corrected chi connectivity index (χ0v) is 25.9. The zero-order chi connectivity index (χ0) is 30.8. The third kappa shape index (κ3) is 8.97. The Morgan fingerprint density at radius 1 is 0.930 bits per heavy atom. The first kappa shape index (κ1) is 31.9. The molecule has 9 nitrogen and oxygen atoms in total. The molecule has 0 saturated heterocycles. The van der Waals surface area contributed by atoms with Gasteiger partial charge in [0.2, 0.25) is 28.6 Å². The van der Waals surface area contributed by atoms with Crippen LogP contribution in [0.5, 0.6) is 11.5 Å². The molecule has 0 aromatic heterocycles.